The summed E-state index contributed by atoms with van der Waals surface area (Å²) >= 11 is 6.47. The maximum Gasteiger partial charge on any atom is 0.251 e. The Kier molecular flexibility index (Phi) is 6.97. The Morgan fingerprint density at radius 3 is 1.44 bits per heavy atom. The highest BCUT2D eigenvalue weighted by Gasteiger charge is 2.07. The van der Waals surface area contributed by atoms with Crippen LogP contribution in [0.4, 0.5) is 0 Å². The van der Waals surface area contributed by atoms with Gasteiger partial charge in [0.25, 0.3) is 11.8 Å². The third-order valence-electron chi connectivity index (χ3n) is 2.17. The van der Waals surface area contributed by atoms with Crippen LogP contribution in [0.3, 0.4) is 0 Å². The first-order valence-electron chi connectivity index (χ1n) is 5.47. The molecule has 0 bridgehead atoms. The Balaban J connectivity index is 2.62. The minimum Gasteiger partial charge on any atom is -0.351 e. The summed E-state index contributed by atoms with van der Waals surface area (Å²) in [5.41, 5.74) is 1.10. The lowest BCUT2D eigenvalue weighted by Crippen LogP contribution is -2.26. The van der Waals surface area contributed by atoms with Crippen molar-refractivity contribution in [1.82, 2.24) is 10.6 Å². The van der Waals surface area contributed by atoms with Crippen LogP contribution in [0, 0.1) is 0 Å². The molecule has 2 N–H and O–H groups in total. The smallest absolute Gasteiger partial charge is 0.251 e. The fourth-order valence-corrected chi connectivity index (χ4v) is 1.70. The average molecular weight is 378 g/mol. The zero-order valence-electron chi connectivity index (χ0n) is 9.71. The van der Waals surface area contributed by atoms with Crippen molar-refractivity contribution in [2.75, 3.05) is 23.7 Å². The number of hydrogen-bond donors (Lipinski definition) is 2. The molecular formula is C12H14Br2N2O2. The van der Waals surface area contributed by atoms with Gasteiger partial charge in [-0.05, 0) is 24.3 Å². The highest BCUT2D eigenvalue weighted by Crippen LogP contribution is 2.04. The van der Waals surface area contributed by atoms with E-state index in [0.29, 0.717) is 34.9 Å². The molecule has 1 aromatic carbocycles. The molecule has 0 saturated carbocycles. The number of rotatable bonds is 6. The van der Waals surface area contributed by atoms with Gasteiger partial charge in [-0.2, -0.15) is 0 Å². The van der Waals surface area contributed by atoms with E-state index in [0.717, 1.165) is 0 Å². The minimum atomic E-state index is -0.137. The lowest BCUT2D eigenvalue weighted by Gasteiger charge is -2.05. The molecule has 98 valence electrons. The molecule has 0 saturated heterocycles. The fraction of sp³-hybridized carbons (Fsp3) is 0.333. The number of alkyl halides is 2. The molecule has 0 aliphatic rings. The summed E-state index contributed by atoms with van der Waals surface area (Å²) in [7, 11) is 0. The van der Waals surface area contributed by atoms with E-state index < -0.39 is 0 Å². The molecule has 0 atom stereocenters. The molecule has 0 aliphatic carbocycles. The number of hydrogen-bond acceptors (Lipinski definition) is 2. The Hall–Kier alpha value is -0.880. The Morgan fingerprint density at radius 2 is 1.17 bits per heavy atom. The van der Waals surface area contributed by atoms with Crippen LogP contribution in [0.2, 0.25) is 0 Å². The molecule has 0 fully saturated rings. The van der Waals surface area contributed by atoms with Crippen molar-refractivity contribution < 1.29 is 9.59 Å². The van der Waals surface area contributed by atoms with Gasteiger partial charge in [-0.1, -0.05) is 31.9 Å². The first-order valence-corrected chi connectivity index (χ1v) is 7.71. The molecule has 0 aliphatic heterocycles. The molecule has 1 aromatic rings. The zero-order valence-corrected chi connectivity index (χ0v) is 12.9. The molecule has 6 heteroatoms. The molecule has 0 aromatic heterocycles. The molecule has 0 heterocycles. The second kappa shape index (κ2) is 8.26. The summed E-state index contributed by atoms with van der Waals surface area (Å²) in [6, 6.07) is 6.58. The molecule has 0 unspecified atom stereocenters. The quantitative estimate of drug-likeness (QED) is 0.744. The van der Waals surface area contributed by atoms with Crippen LogP contribution in [-0.2, 0) is 0 Å². The van der Waals surface area contributed by atoms with Crippen molar-refractivity contribution in [2.24, 2.45) is 0 Å². The van der Waals surface area contributed by atoms with Gasteiger partial charge in [0.1, 0.15) is 0 Å². The predicted octanol–water partition coefficient (Wildman–Crippen LogP) is 1.94. The summed E-state index contributed by atoms with van der Waals surface area (Å²) in [6.45, 7) is 1.15. The van der Waals surface area contributed by atoms with Crippen molar-refractivity contribution in [1.29, 1.82) is 0 Å². The van der Waals surface area contributed by atoms with Crippen molar-refractivity contribution in [3.63, 3.8) is 0 Å². The number of carbonyl (C=O) groups excluding carboxylic acids is 2. The van der Waals surface area contributed by atoms with Crippen LogP contribution in [0.25, 0.3) is 0 Å². The molecule has 0 radical (unpaired) electrons. The largest absolute Gasteiger partial charge is 0.351 e. The van der Waals surface area contributed by atoms with Crippen LogP contribution >= 0.6 is 31.9 Å². The zero-order chi connectivity index (χ0) is 13.4. The maximum atomic E-state index is 11.6. The van der Waals surface area contributed by atoms with E-state index >= 15 is 0 Å². The van der Waals surface area contributed by atoms with Gasteiger partial charge < -0.3 is 10.6 Å². The van der Waals surface area contributed by atoms with Crippen LogP contribution in [0.15, 0.2) is 24.3 Å². The molecule has 1 rings (SSSR count). The van der Waals surface area contributed by atoms with E-state index in [2.05, 4.69) is 42.5 Å². The van der Waals surface area contributed by atoms with Crippen molar-refractivity contribution >= 4 is 43.7 Å². The second-order valence-electron chi connectivity index (χ2n) is 3.47. The first kappa shape index (κ1) is 15.2. The summed E-state index contributed by atoms with van der Waals surface area (Å²) in [5.74, 6) is -0.274. The van der Waals surface area contributed by atoms with Crippen LogP contribution in [-0.4, -0.2) is 35.6 Å². The van der Waals surface area contributed by atoms with Gasteiger partial charge >= 0.3 is 0 Å². The Labute approximate surface area is 123 Å². The number of benzene rings is 1. The number of amides is 2. The topological polar surface area (TPSA) is 58.2 Å². The molecular weight excluding hydrogens is 364 g/mol. The highest BCUT2D eigenvalue weighted by molar-refractivity contribution is 9.09. The van der Waals surface area contributed by atoms with Gasteiger partial charge in [-0.15, -0.1) is 0 Å². The van der Waals surface area contributed by atoms with Gasteiger partial charge in [0.15, 0.2) is 0 Å². The van der Waals surface area contributed by atoms with Gasteiger partial charge in [0.2, 0.25) is 0 Å². The highest BCUT2D eigenvalue weighted by atomic mass is 79.9. The van der Waals surface area contributed by atoms with Crippen molar-refractivity contribution in [3.8, 4) is 0 Å². The third-order valence-corrected chi connectivity index (χ3v) is 2.96. The van der Waals surface area contributed by atoms with Gasteiger partial charge in [-0.3, -0.25) is 9.59 Å². The summed E-state index contributed by atoms with van der Waals surface area (Å²) in [4.78, 5) is 23.2. The van der Waals surface area contributed by atoms with E-state index in [-0.39, 0.29) is 11.8 Å². The average Bonchev–Trinajstić information content (AvgIpc) is 2.42. The van der Waals surface area contributed by atoms with E-state index in [1.807, 2.05) is 0 Å². The third kappa shape index (κ3) is 4.78. The minimum absolute atomic E-state index is 0.137. The lowest BCUT2D eigenvalue weighted by atomic mass is 10.1. The molecule has 4 nitrogen and oxygen atoms in total. The van der Waals surface area contributed by atoms with Crippen molar-refractivity contribution in [2.45, 2.75) is 0 Å². The monoisotopic (exact) mass is 376 g/mol. The fourth-order valence-electron chi connectivity index (χ4n) is 1.30. The summed E-state index contributed by atoms with van der Waals surface area (Å²) in [6.07, 6.45) is 0. The standard InChI is InChI=1S/C12H14Br2N2O2/c13-5-7-15-11(17)9-1-2-10(4-3-9)12(18)16-8-6-14/h1-4H,5-8H2,(H,15,17)(H,16,18). The van der Waals surface area contributed by atoms with Gasteiger partial charge in [0, 0.05) is 34.9 Å². The van der Waals surface area contributed by atoms with Gasteiger partial charge in [0.05, 0.1) is 0 Å². The Morgan fingerprint density at radius 1 is 0.833 bits per heavy atom. The maximum absolute atomic E-state index is 11.6. The molecule has 0 spiro atoms. The Bertz CT molecular complexity index is 368. The van der Waals surface area contributed by atoms with Crippen LogP contribution in [0.1, 0.15) is 20.7 Å². The predicted molar refractivity (Wildman–Crippen MR) is 78.7 cm³/mol. The van der Waals surface area contributed by atoms with Crippen LogP contribution < -0.4 is 10.6 Å². The number of carbonyl (C=O) groups is 2. The normalized spacial score (nSPS) is 9.89. The van der Waals surface area contributed by atoms with E-state index in [1.54, 1.807) is 24.3 Å². The number of nitrogens with one attached hydrogen (secondary N) is 2. The summed E-state index contributed by atoms with van der Waals surface area (Å²) < 4.78 is 0. The van der Waals surface area contributed by atoms with E-state index in [9.17, 15) is 9.59 Å². The molecule has 18 heavy (non-hydrogen) atoms. The van der Waals surface area contributed by atoms with E-state index in [4.69, 9.17) is 0 Å². The van der Waals surface area contributed by atoms with E-state index in [1.165, 1.54) is 0 Å². The van der Waals surface area contributed by atoms with Crippen LogP contribution in [0.5, 0.6) is 0 Å². The second-order valence-corrected chi connectivity index (χ2v) is 5.05. The van der Waals surface area contributed by atoms with Crippen molar-refractivity contribution in [3.05, 3.63) is 35.4 Å². The SMILES string of the molecule is O=C(NCCBr)c1ccc(C(=O)NCCBr)cc1. The van der Waals surface area contributed by atoms with Gasteiger partial charge in [-0.25, -0.2) is 0 Å². The lowest BCUT2D eigenvalue weighted by molar-refractivity contribution is 0.0944. The number of halogens is 2. The molecule has 2 amide bonds. The first-order chi connectivity index (χ1) is 8.69. The summed E-state index contributed by atoms with van der Waals surface area (Å²) in [5, 5.41) is 6.91.